The van der Waals surface area contributed by atoms with Crippen LogP contribution < -0.4 is 0 Å². The second-order valence-corrected chi connectivity index (χ2v) is 3.59. The summed E-state index contributed by atoms with van der Waals surface area (Å²) in [5, 5.41) is 0. The molecule has 0 radical (unpaired) electrons. The van der Waals surface area contributed by atoms with Gasteiger partial charge in [0.25, 0.3) is 6.29 Å². The molecule has 0 spiro atoms. The van der Waals surface area contributed by atoms with E-state index in [0.29, 0.717) is 6.61 Å². The Morgan fingerprint density at radius 3 is 2.78 bits per heavy atom. The van der Waals surface area contributed by atoms with Gasteiger partial charge in [0.05, 0.1) is 6.61 Å². The number of carbonyl (C=O) groups excluding carboxylic acids is 1. The van der Waals surface area contributed by atoms with Crippen molar-refractivity contribution < 1.29 is 19.0 Å². The molecular weight excluding hydrogens is 232 g/mol. The number of rotatable bonds is 4. The zero-order chi connectivity index (χ0) is 12.8. The van der Waals surface area contributed by atoms with Crippen LogP contribution in [0.2, 0.25) is 0 Å². The number of hydrogen-bond acceptors (Lipinski definition) is 4. The fraction of sp³-hybridized carbons (Fsp3) is 0.214. The van der Waals surface area contributed by atoms with Crippen LogP contribution in [0.4, 0.5) is 0 Å². The lowest BCUT2D eigenvalue weighted by atomic mass is 10.1. The monoisotopic (exact) mass is 246 g/mol. The molecule has 0 bridgehead atoms. The van der Waals surface area contributed by atoms with Crippen LogP contribution in [-0.4, -0.2) is 12.6 Å². The topological polar surface area (TPSA) is 44.8 Å². The fourth-order valence-corrected chi connectivity index (χ4v) is 1.61. The van der Waals surface area contributed by atoms with Gasteiger partial charge in [-0.1, -0.05) is 24.3 Å². The second-order valence-electron chi connectivity index (χ2n) is 3.59. The van der Waals surface area contributed by atoms with E-state index in [2.05, 4.69) is 0 Å². The van der Waals surface area contributed by atoms with Crippen LogP contribution in [0.1, 0.15) is 24.3 Å². The zero-order valence-corrected chi connectivity index (χ0v) is 10.0. The molecule has 1 heterocycles. The average molecular weight is 246 g/mol. The minimum Gasteiger partial charge on any atom is -0.463 e. The lowest BCUT2D eigenvalue weighted by Crippen LogP contribution is -2.01. The summed E-state index contributed by atoms with van der Waals surface area (Å²) >= 11 is 0. The molecule has 0 atom stereocenters. The van der Waals surface area contributed by atoms with Crippen molar-refractivity contribution in [3.63, 3.8) is 0 Å². The van der Waals surface area contributed by atoms with Gasteiger partial charge >= 0.3 is 5.97 Å². The van der Waals surface area contributed by atoms with Crippen molar-refractivity contribution in [2.24, 2.45) is 0 Å². The molecule has 0 fully saturated rings. The van der Waals surface area contributed by atoms with E-state index in [1.807, 2.05) is 24.3 Å². The predicted octanol–water partition coefficient (Wildman–Crippen LogP) is 2.78. The molecule has 1 aliphatic heterocycles. The highest BCUT2D eigenvalue weighted by atomic mass is 16.7. The third-order valence-corrected chi connectivity index (χ3v) is 2.40. The summed E-state index contributed by atoms with van der Waals surface area (Å²) in [6, 6.07) is 7.55. The highest BCUT2D eigenvalue weighted by Gasteiger charge is 2.17. The first-order chi connectivity index (χ1) is 8.81. The van der Waals surface area contributed by atoms with Gasteiger partial charge in [0.2, 0.25) is 0 Å². The van der Waals surface area contributed by atoms with Gasteiger partial charge in [0.1, 0.15) is 12.5 Å². The SMILES string of the molecule is CCOC(=O)C=Cc1ccccc1C1OC=CO1. The van der Waals surface area contributed by atoms with E-state index in [1.54, 1.807) is 13.0 Å². The van der Waals surface area contributed by atoms with Crippen molar-refractivity contribution in [1.82, 2.24) is 0 Å². The van der Waals surface area contributed by atoms with Crippen molar-refractivity contribution >= 4 is 12.0 Å². The lowest BCUT2D eigenvalue weighted by molar-refractivity contribution is -0.137. The molecule has 18 heavy (non-hydrogen) atoms. The summed E-state index contributed by atoms with van der Waals surface area (Å²) < 4.78 is 15.4. The van der Waals surface area contributed by atoms with Crippen LogP contribution in [0, 0.1) is 0 Å². The minimum atomic E-state index is -0.451. The molecule has 4 nitrogen and oxygen atoms in total. The van der Waals surface area contributed by atoms with Gasteiger partial charge in [0.15, 0.2) is 0 Å². The molecular formula is C14H14O4. The molecule has 4 heteroatoms. The van der Waals surface area contributed by atoms with Gasteiger partial charge in [-0.25, -0.2) is 4.79 Å². The Morgan fingerprint density at radius 1 is 1.33 bits per heavy atom. The molecule has 0 saturated carbocycles. The molecule has 0 aromatic heterocycles. The summed E-state index contributed by atoms with van der Waals surface area (Å²) in [6.45, 7) is 2.13. The molecule has 0 N–H and O–H groups in total. The Balaban J connectivity index is 2.14. The summed E-state index contributed by atoms with van der Waals surface area (Å²) in [5.74, 6) is -0.362. The number of benzene rings is 1. The van der Waals surface area contributed by atoms with E-state index < -0.39 is 6.29 Å². The van der Waals surface area contributed by atoms with Crippen molar-refractivity contribution in [3.8, 4) is 0 Å². The van der Waals surface area contributed by atoms with E-state index in [0.717, 1.165) is 11.1 Å². The third kappa shape index (κ3) is 2.91. The van der Waals surface area contributed by atoms with E-state index >= 15 is 0 Å². The average Bonchev–Trinajstić information content (AvgIpc) is 2.91. The van der Waals surface area contributed by atoms with Crippen molar-refractivity contribution in [2.75, 3.05) is 6.61 Å². The van der Waals surface area contributed by atoms with Crippen molar-refractivity contribution in [2.45, 2.75) is 13.2 Å². The van der Waals surface area contributed by atoms with Gasteiger partial charge in [-0.3, -0.25) is 0 Å². The van der Waals surface area contributed by atoms with E-state index in [9.17, 15) is 4.79 Å². The maximum absolute atomic E-state index is 11.3. The largest absolute Gasteiger partial charge is 0.463 e. The molecule has 0 aliphatic carbocycles. The first-order valence-electron chi connectivity index (χ1n) is 5.71. The number of esters is 1. The highest BCUT2D eigenvalue weighted by Crippen LogP contribution is 2.27. The summed E-state index contributed by atoms with van der Waals surface area (Å²) in [5.41, 5.74) is 1.72. The smallest absolute Gasteiger partial charge is 0.330 e. The van der Waals surface area contributed by atoms with Crippen LogP contribution in [0.25, 0.3) is 6.08 Å². The van der Waals surface area contributed by atoms with E-state index in [4.69, 9.17) is 14.2 Å². The van der Waals surface area contributed by atoms with E-state index in [1.165, 1.54) is 18.6 Å². The highest BCUT2D eigenvalue weighted by molar-refractivity contribution is 5.87. The van der Waals surface area contributed by atoms with Gasteiger partial charge < -0.3 is 14.2 Å². The Morgan fingerprint density at radius 2 is 2.06 bits per heavy atom. The Bertz CT molecular complexity index is 468. The molecule has 94 valence electrons. The maximum atomic E-state index is 11.3. The van der Waals surface area contributed by atoms with Crippen molar-refractivity contribution in [1.29, 1.82) is 0 Å². The molecule has 0 saturated heterocycles. The number of ether oxygens (including phenoxy) is 3. The van der Waals surface area contributed by atoms with E-state index in [-0.39, 0.29) is 5.97 Å². The Kier molecular flexibility index (Phi) is 4.02. The molecule has 1 aromatic carbocycles. The van der Waals surface area contributed by atoms with Gasteiger partial charge in [-0.05, 0) is 18.6 Å². The first-order valence-corrected chi connectivity index (χ1v) is 5.71. The first kappa shape index (κ1) is 12.2. The second kappa shape index (κ2) is 5.91. The number of hydrogen-bond donors (Lipinski definition) is 0. The van der Waals surface area contributed by atoms with Gasteiger partial charge in [0, 0.05) is 11.6 Å². The normalized spacial score (nSPS) is 14.5. The maximum Gasteiger partial charge on any atom is 0.330 e. The van der Waals surface area contributed by atoms with Crippen molar-refractivity contribution in [3.05, 3.63) is 54.0 Å². The lowest BCUT2D eigenvalue weighted by Gasteiger charge is -2.12. The molecule has 0 amide bonds. The summed E-state index contributed by atoms with van der Waals surface area (Å²) in [4.78, 5) is 11.3. The molecule has 1 aliphatic rings. The molecule has 1 aromatic rings. The van der Waals surface area contributed by atoms with Gasteiger partial charge in [-0.2, -0.15) is 0 Å². The third-order valence-electron chi connectivity index (χ3n) is 2.40. The fourth-order valence-electron chi connectivity index (χ4n) is 1.61. The Hall–Kier alpha value is -2.23. The standard InChI is InChI=1S/C14H14O4/c1-2-16-13(15)8-7-11-5-3-4-6-12(11)14-17-9-10-18-14/h3-10,14H,2H2,1H3. The van der Waals surface area contributed by atoms with Crippen LogP contribution in [-0.2, 0) is 19.0 Å². The minimum absolute atomic E-state index is 0.362. The van der Waals surface area contributed by atoms with Crippen LogP contribution in [0.3, 0.4) is 0 Å². The van der Waals surface area contributed by atoms with Gasteiger partial charge in [-0.15, -0.1) is 0 Å². The molecule has 2 rings (SSSR count). The summed E-state index contributed by atoms with van der Waals surface area (Å²) in [7, 11) is 0. The zero-order valence-electron chi connectivity index (χ0n) is 10.0. The van der Waals surface area contributed by atoms with Crippen LogP contribution >= 0.6 is 0 Å². The predicted molar refractivity (Wildman–Crippen MR) is 66.2 cm³/mol. The summed E-state index contributed by atoms with van der Waals surface area (Å²) in [6.07, 6.45) is 5.63. The number of carbonyl (C=O) groups is 1. The quantitative estimate of drug-likeness (QED) is 0.605. The Labute approximate surface area is 105 Å². The van der Waals surface area contributed by atoms with Crippen LogP contribution in [0.5, 0.6) is 0 Å². The molecule has 0 unspecified atom stereocenters. The van der Waals surface area contributed by atoms with Crippen LogP contribution in [0.15, 0.2) is 42.9 Å².